The molecule has 1 heterocycles. The van der Waals surface area contributed by atoms with Crippen molar-refractivity contribution in [2.75, 3.05) is 25.3 Å². The monoisotopic (exact) mass is 480 g/mol. The number of carbonyl (C=O) groups excluding carboxylic acids is 1. The van der Waals surface area contributed by atoms with Crippen molar-refractivity contribution in [3.05, 3.63) is 77.8 Å². The molecule has 0 saturated heterocycles. The van der Waals surface area contributed by atoms with Gasteiger partial charge in [-0.3, -0.25) is 9.36 Å². The highest BCUT2D eigenvalue weighted by Gasteiger charge is 2.19. The lowest BCUT2D eigenvalue weighted by Gasteiger charge is -2.12. The minimum atomic E-state index is -0.158. The van der Waals surface area contributed by atoms with Crippen LogP contribution in [0.3, 0.4) is 0 Å². The quantitative estimate of drug-likeness (QED) is 0.343. The van der Waals surface area contributed by atoms with Gasteiger partial charge in [0.2, 0.25) is 5.91 Å². The SMILES string of the molecule is COc1ccc(NC(=O)CSc2nnc(-c3ccccc3OC)n2-c2ccc(Cl)cc2)cc1. The summed E-state index contributed by atoms with van der Waals surface area (Å²) in [5, 5.41) is 12.8. The number of para-hydroxylation sites is 1. The first-order valence-corrected chi connectivity index (χ1v) is 11.4. The minimum Gasteiger partial charge on any atom is -0.497 e. The van der Waals surface area contributed by atoms with Gasteiger partial charge in [0.15, 0.2) is 11.0 Å². The lowest BCUT2D eigenvalue weighted by Crippen LogP contribution is -2.14. The van der Waals surface area contributed by atoms with Crippen molar-refractivity contribution in [3.63, 3.8) is 0 Å². The van der Waals surface area contributed by atoms with Gasteiger partial charge in [0, 0.05) is 16.4 Å². The summed E-state index contributed by atoms with van der Waals surface area (Å²) in [5.74, 6) is 2.00. The fourth-order valence-electron chi connectivity index (χ4n) is 3.19. The van der Waals surface area contributed by atoms with Crippen molar-refractivity contribution in [2.24, 2.45) is 0 Å². The van der Waals surface area contributed by atoms with Crippen LogP contribution in [0.4, 0.5) is 5.69 Å². The smallest absolute Gasteiger partial charge is 0.234 e. The maximum Gasteiger partial charge on any atom is 0.234 e. The molecule has 0 aliphatic carbocycles. The van der Waals surface area contributed by atoms with Crippen LogP contribution in [0.2, 0.25) is 5.02 Å². The fourth-order valence-corrected chi connectivity index (χ4v) is 4.07. The van der Waals surface area contributed by atoms with E-state index in [1.165, 1.54) is 11.8 Å². The summed E-state index contributed by atoms with van der Waals surface area (Å²) in [6, 6.07) is 22.1. The third kappa shape index (κ3) is 5.30. The molecule has 1 N–H and O–H groups in total. The number of rotatable bonds is 8. The van der Waals surface area contributed by atoms with Crippen LogP contribution in [0.25, 0.3) is 17.1 Å². The van der Waals surface area contributed by atoms with E-state index in [1.54, 1.807) is 50.6 Å². The molecule has 168 valence electrons. The van der Waals surface area contributed by atoms with Crippen molar-refractivity contribution in [3.8, 4) is 28.6 Å². The Morgan fingerprint density at radius 3 is 2.39 bits per heavy atom. The summed E-state index contributed by atoms with van der Waals surface area (Å²) in [4.78, 5) is 12.6. The largest absolute Gasteiger partial charge is 0.497 e. The summed E-state index contributed by atoms with van der Waals surface area (Å²) in [5.41, 5.74) is 2.30. The summed E-state index contributed by atoms with van der Waals surface area (Å²) in [6.45, 7) is 0. The number of carbonyl (C=O) groups is 1. The van der Waals surface area contributed by atoms with Gasteiger partial charge in [-0.05, 0) is 60.7 Å². The van der Waals surface area contributed by atoms with E-state index in [-0.39, 0.29) is 11.7 Å². The number of halogens is 1. The molecule has 1 amide bonds. The average Bonchev–Trinajstić information content (AvgIpc) is 3.27. The topological polar surface area (TPSA) is 78.3 Å². The number of amides is 1. The second kappa shape index (κ2) is 10.4. The molecule has 0 fully saturated rings. The normalized spacial score (nSPS) is 10.6. The molecular formula is C24H21ClN4O3S. The van der Waals surface area contributed by atoms with E-state index in [9.17, 15) is 4.79 Å². The number of nitrogens with one attached hydrogen (secondary N) is 1. The Bertz CT molecular complexity index is 1240. The van der Waals surface area contributed by atoms with Crippen molar-refractivity contribution in [1.29, 1.82) is 0 Å². The Hall–Kier alpha value is -3.49. The van der Waals surface area contributed by atoms with E-state index in [4.69, 9.17) is 21.1 Å². The molecule has 0 radical (unpaired) electrons. The van der Waals surface area contributed by atoms with Crippen LogP contribution in [0.1, 0.15) is 0 Å². The summed E-state index contributed by atoms with van der Waals surface area (Å²) in [7, 11) is 3.21. The van der Waals surface area contributed by atoms with Crippen LogP contribution >= 0.6 is 23.4 Å². The highest BCUT2D eigenvalue weighted by molar-refractivity contribution is 7.99. The Labute approximate surface area is 200 Å². The number of ether oxygens (including phenoxy) is 2. The van der Waals surface area contributed by atoms with Crippen molar-refractivity contribution in [2.45, 2.75) is 5.16 Å². The maximum absolute atomic E-state index is 12.6. The summed E-state index contributed by atoms with van der Waals surface area (Å²) >= 11 is 7.38. The number of nitrogens with zero attached hydrogens (tertiary/aromatic N) is 3. The number of hydrogen-bond donors (Lipinski definition) is 1. The lowest BCUT2D eigenvalue weighted by molar-refractivity contribution is -0.113. The Morgan fingerprint density at radius 2 is 1.70 bits per heavy atom. The van der Waals surface area contributed by atoms with Crippen LogP contribution in [0.15, 0.2) is 78.0 Å². The first kappa shape index (κ1) is 22.7. The van der Waals surface area contributed by atoms with Gasteiger partial charge in [-0.1, -0.05) is 35.5 Å². The molecule has 1 aromatic heterocycles. The van der Waals surface area contributed by atoms with Gasteiger partial charge in [0.1, 0.15) is 11.5 Å². The molecule has 9 heteroatoms. The molecule has 0 atom stereocenters. The zero-order valence-electron chi connectivity index (χ0n) is 18.0. The molecule has 3 aromatic carbocycles. The zero-order valence-corrected chi connectivity index (χ0v) is 19.6. The second-order valence-electron chi connectivity index (χ2n) is 6.88. The second-order valence-corrected chi connectivity index (χ2v) is 8.26. The van der Waals surface area contributed by atoms with Crippen LogP contribution in [0.5, 0.6) is 11.5 Å². The van der Waals surface area contributed by atoms with Crippen molar-refractivity contribution >= 4 is 35.0 Å². The van der Waals surface area contributed by atoms with E-state index in [0.29, 0.717) is 27.4 Å². The van der Waals surface area contributed by atoms with Crippen LogP contribution in [-0.4, -0.2) is 40.6 Å². The number of methoxy groups -OCH3 is 2. The highest BCUT2D eigenvalue weighted by Crippen LogP contribution is 2.33. The number of aromatic nitrogens is 3. The Kier molecular flexibility index (Phi) is 7.16. The molecule has 33 heavy (non-hydrogen) atoms. The van der Waals surface area contributed by atoms with Crippen LogP contribution < -0.4 is 14.8 Å². The Balaban J connectivity index is 1.60. The van der Waals surface area contributed by atoms with E-state index in [1.807, 2.05) is 41.0 Å². The minimum absolute atomic E-state index is 0.156. The molecule has 0 bridgehead atoms. The summed E-state index contributed by atoms with van der Waals surface area (Å²) < 4.78 is 12.6. The van der Waals surface area contributed by atoms with Gasteiger partial charge in [0.05, 0.1) is 25.5 Å². The first-order chi connectivity index (χ1) is 16.1. The van der Waals surface area contributed by atoms with E-state index in [2.05, 4.69) is 15.5 Å². The predicted molar refractivity (Wildman–Crippen MR) is 131 cm³/mol. The summed E-state index contributed by atoms with van der Waals surface area (Å²) in [6.07, 6.45) is 0. The standard InChI is InChI=1S/C24H21ClN4O3S/c1-31-19-13-9-17(10-14-19)26-22(30)15-33-24-28-27-23(20-5-3-4-6-21(20)32-2)29(24)18-11-7-16(25)8-12-18/h3-14H,15H2,1-2H3,(H,26,30). The lowest BCUT2D eigenvalue weighted by atomic mass is 10.2. The molecule has 0 saturated carbocycles. The van der Waals surface area contributed by atoms with Crippen molar-refractivity contribution < 1.29 is 14.3 Å². The van der Waals surface area contributed by atoms with Gasteiger partial charge in [-0.15, -0.1) is 10.2 Å². The van der Waals surface area contributed by atoms with Crippen molar-refractivity contribution in [1.82, 2.24) is 14.8 Å². The molecule has 0 unspecified atom stereocenters. The van der Waals surface area contributed by atoms with Gasteiger partial charge in [-0.25, -0.2) is 0 Å². The molecule has 4 aromatic rings. The molecular weight excluding hydrogens is 460 g/mol. The number of hydrogen-bond acceptors (Lipinski definition) is 6. The van der Waals surface area contributed by atoms with E-state index < -0.39 is 0 Å². The average molecular weight is 481 g/mol. The van der Waals surface area contributed by atoms with Gasteiger partial charge < -0.3 is 14.8 Å². The first-order valence-electron chi connectivity index (χ1n) is 10.0. The van der Waals surface area contributed by atoms with E-state index in [0.717, 1.165) is 17.0 Å². The highest BCUT2D eigenvalue weighted by atomic mass is 35.5. The van der Waals surface area contributed by atoms with Crippen LogP contribution in [0, 0.1) is 0 Å². The zero-order chi connectivity index (χ0) is 23.2. The molecule has 7 nitrogen and oxygen atoms in total. The Morgan fingerprint density at radius 1 is 0.970 bits per heavy atom. The van der Waals surface area contributed by atoms with Gasteiger partial charge >= 0.3 is 0 Å². The predicted octanol–water partition coefficient (Wildman–Crippen LogP) is 5.34. The van der Waals surface area contributed by atoms with Crippen LogP contribution in [-0.2, 0) is 4.79 Å². The molecule has 4 rings (SSSR count). The van der Waals surface area contributed by atoms with E-state index >= 15 is 0 Å². The van der Waals surface area contributed by atoms with Gasteiger partial charge in [0.25, 0.3) is 0 Å². The number of thioether (sulfide) groups is 1. The molecule has 0 aliphatic rings. The van der Waals surface area contributed by atoms with Gasteiger partial charge in [-0.2, -0.15) is 0 Å². The maximum atomic E-state index is 12.6. The fraction of sp³-hybridized carbons (Fsp3) is 0.125. The molecule has 0 spiro atoms. The third-order valence-electron chi connectivity index (χ3n) is 4.77. The molecule has 0 aliphatic heterocycles. The number of benzene rings is 3. The third-order valence-corrected chi connectivity index (χ3v) is 5.95. The number of anilines is 1.